The van der Waals surface area contributed by atoms with Crippen LogP contribution in [-0.4, -0.2) is 35.6 Å². The third kappa shape index (κ3) is 3.08. The molecule has 1 unspecified atom stereocenters. The summed E-state index contributed by atoms with van der Waals surface area (Å²) in [5, 5.41) is 2.40. The zero-order valence-electron chi connectivity index (χ0n) is 13.0. The van der Waals surface area contributed by atoms with Crippen molar-refractivity contribution >= 4 is 11.9 Å². The number of nitrogens with one attached hydrogen (secondary N) is 1. The Morgan fingerprint density at radius 2 is 1.81 bits per heavy atom. The molecule has 0 aliphatic carbocycles. The molecule has 1 atom stereocenters. The lowest BCUT2D eigenvalue weighted by molar-refractivity contribution is -0.126. The van der Waals surface area contributed by atoms with Crippen LogP contribution in [0.5, 0.6) is 0 Å². The van der Waals surface area contributed by atoms with Crippen LogP contribution in [0.25, 0.3) is 0 Å². The van der Waals surface area contributed by atoms with Gasteiger partial charge in [0, 0.05) is 6.54 Å². The number of nitrogens with zero attached hydrogens (tertiary/aromatic N) is 1. The lowest BCUT2D eigenvalue weighted by atomic mass is 9.90. The van der Waals surface area contributed by atoms with Crippen molar-refractivity contribution in [3.63, 3.8) is 0 Å². The van der Waals surface area contributed by atoms with Gasteiger partial charge in [-0.05, 0) is 33.3 Å². The first kappa shape index (κ1) is 15.5. The van der Waals surface area contributed by atoms with Crippen LogP contribution in [0.2, 0.25) is 0 Å². The van der Waals surface area contributed by atoms with Crippen molar-refractivity contribution in [1.29, 1.82) is 0 Å². The maximum absolute atomic E-state index is 12.3. The third-order valence-corrected chi connectivity index (χ3v) is 3.63. The molecule has 1 aromatic carbocycles. The van der Waals surface area contributed by atoms with Crippen molar-refractivity contribution in [3.8, 4) is 0 Å². The fourth-order valence-corrected chi connectivity index (χ4v) is 2.43. The van der Waals surface area contributed by atoms with Gasteiger partial charge in [-0.3, -0.25) is 10.1 Å². The molecule has 1 aliphatic rings. The summed E-state index contributed by atoms with van der Waals surface area (Å²) < 4.78 is 5.67. The molecule has 0 bridgehead atoms. The quantitative estimate of drug-likeness (QED) is 0.865. The van der Waals surface area contributed by atoms with Gasteiger partial charge >= 0.3 is 6.03 Å². The van der Waals surface area contributed by atoms with Gasteiger partial charge in [0.1, 0.15) is 5.54 Å². The van der Waals surface area contributed by atoms with E-state index in [-0.39, 0.29) is 17.5 Å². The fourth-order valence-electron chi connectivity index (χ4n) is 2.43. The Balaban J connectivity index is 2.21. The summed E-state index contributed by atoms with van der Waals surface area (Å²) in [5.74, 6) is -0.297. The molecule has 0 aromatic heterocycles. The molecular formula is C16H22N2O3. The van der Waals surface area contributed by atoms with Gasteiger partial charge in [-0.1, -0.05) is 30.3 Å². The highest BCUT2D eigenvalue weighted by Crippen LogP contribution is 2.32. The SMILES string of the molecule is CC(C)(C)OCCN1C(=O)NC(=O)C1(C)c1ccccc1. The van der Waals surface area contributed by atoms with Gasteiger partial charge in [0.15, 0.2) is 0 Å². The molecule has 1 heterocycles. The van der Waals surface area contributed by atoms with E-state index in [2.05, 4.69) is 5.32 Å². The van der Waals surface area contributed by atoms with Gasteiger partial charge in [0.05, 0.1) is 12.2 Å². The number of imide groups is 1. The minimum Gasteiger partial charge on any atom is -0.374 e. The fraction of sp³-hybridized carbons (Fsp3) is 0.500. The summed E-state index contributed by atoms with van der Waals surface area (Å²) >= 11 is 0. The first-order valence-electron chi connectivity index (χ1n) is 7.08. The number of carbonyl (C=O) groups excluding carboxylic acids is 2. The number of carbonyl (C=O) groups is 2. The molecule has 1 aromatic rings. The number of amides is 3. The van der Waals surface area contributed by atoms with Gasteiger partial charge in [-0.15, -0.1) is 0 Å². The van der Waals surface area contributed by atoms with Crippen LogP contribution >= 0.6 is 0 Å². The summed E-state index contributed by atoms with van der Waals surface area (Å²) in [6.45, 7) is 8.38. The Labute approximate surface area is 125 Å². The molecule has 0 radical (unpaired) electrons. The van der Waals surface area contributed by atoms with E-state index in [0.29, 0.717) is 13.2 Å². The summed E-state index contributed by atoms with van der Waals surface area (Å²) in [6, 6.07) is 8.95. The van der Waals surface area contributed by atoms with E-state index >= 15 is 0 Å². The Kier molecular flexibility index (Phi) is 4.05. The number of rotatable bonds is 4. The highest BCUT2D eigenvalue weighted by Gasteiger charge is 2.50. The summed E-state index contributed by atoms with van der Waals surface area (Å²) in [4.78, 5) is 25.9. The smallest absolute Gasteiger partial charge is 0.325 e. The Hall–Kier alpha value is -1.88. The third-order valence-electron chi connectivity index (χ3n) is 3.63. The minimum absolute atomic E-state index is 0.274. The molecule has 114 valence electrons. The first-order chi connectivity index (χ1) is 9.75. The second-order valence-corrected chi connectivity index (χ2v) is 6.31. The van der Waals surface area contributed by atoms with Gasteiger partial charge in [-0.2, -0.15) is 0 Å². The van der Waals surface area contributed by atoms with Crippen molar-refractivity contribution < 1.29 is 14.3 Å². The molecule has 0 spiro atoms. The summed E-state index contributed by atoms with van der Waals surface area (Å²) in [7, 11) is 0. The second-order valence-electron chi connectivity index (χ2n) is 6.31. The van der Waals surface area contributed by atoms with Crippen molar-refractivity contribution in [3.05, 3.63) is 35.9 Å². The van der Waals surface area contributed by atoms with Crippen LogP contribution in [-0.2, 0) is 15.1 Å². The molecule has 2 rings (SSSR count). The summed E-state index contributed by atoms with van der Waals surface area (Å²) in [6.07, 6.45) is 0. The Morgan fingerprint density at radius 3 is 2.38 bits per heavy atom. The average Bonchev–Trinajstić information content (AvgIpc) is 2.63. The Morgan fingerprint density at radius 1 is 1.19 bits per heavy atom. The van der Waals surface area contributed by atoms with E-state index in [1.54, 1.807) is 6.92 Å². The second kappa shape index (κ2) is 5.48. The molecule has 1 saturated heterocycles. The Bertz CT molecular complexity index is 536. The number of benzene rings is 1. The number of urea groups is 1. The van der Waals surface area contributed by atoms with Crippen LogP contribution in [0.4, 0.5) is 4.79 Å². The zero-order valence-corrected chi connectivity index (χ0v) is 13.0. The van der Waals surface area contributed by atoms with Crippen molar-refractivity contribution in [2.75, 3.05) is 13.2 Å². The first-order valence-corrected chi connectivity index (χ1v) is 7.08. The lowest BCUT2D eigenvalue weighted by Crippen LogP contribution is -2.46. The van der Waals surface area contributed by atoms with E-state index in [4.69, 9.17) is 4.74 Å². The normalized spacial score (nSPS) is 22.6. The van der Waals surface area contributed by atoms with Crippen LogP contribution in [0.1, 0.15) is 33.3 Å². The molecule has 1 aliphatic heterocycles. The number of ether oxygens (including phenoxy) is 1. The van der Waals surface area contributed by atoms with Gasteiger partial charge in [0.2, 0.25) is 0 Å². The van der Waals surface area contributed by atoms with Crippen molar-refractivity contribution in [2.24, 2.45) is 0 Å². The van der Waals surface area contributed by atoms with Crippen LogP contribution < -0.4 is 5.32 Å². The predicted molar refractivity (Wildman–Crippen MR) is 79.7 cm³/mol. The van der Waals surface area contributed by atoms with Crippen LogP contribution in [0.3, 0.4) is 0 Å². The molecule has 5 nitrogen and oxygen atoms in total. The molecule has 0 saturated carbocycles. The molecule has 1 N–H and O–H groups in total. The molecule has 5 heteroatoms. The lowest BCUT2D eigenvalue weighted by Gasteiger charge is -2.33. The predicted octanol–water partition coefficient (Wildman–Crippen LogP) is 2.27. The van der Waals surface area contributed by atoms with Crippen LogP contribution in [0, 0.1) is 0 Å². The van der Waals surface area contributed by atoms with E-state index in [0.717, 1.165) is 5.56 Å². The van der Waals surface area contributed by atoms with Gasteiger partial charge in [-0.25, -0.2) is 4.79 Å². The van der Waals surface area contributed by atoms with Crippen LogP contribution in [0.15, 0.2) is 30.3 Å². The number of hydrogen-bond donors (Lipinski definition) is 1. The molecular weight excluding hydrogens is 268 g/mol. The van der Waals surface area contributed by atoms with E-state index in [1.165, 1.54) is 4.90 Å². The van der Waals surface area contributed by atoms with Gasteiger partial charge in [0.25, 0.3) is 5.91 Å². The number of hydrogen-bond acceptors (Lipinski definition) is 3. The van der Waals surface area contributed by atoms with E-state index in [1.807, 2.05) is 51.1 Å². The molecule has 3 amide bonds. The van der Waals surface area contributed by atoms with Gasteiger partial charge < -0.3 is 9.64 Å². The maximum Gasteiger partial charge on any atom is 0.325 e. The average molecular weight is 290 g/mol. The highest BCUT2D eigenvalue weighted by atomic mass is 16.5. The molecule has 21 heavy (non-hydrogen) atoms. The largest absolute Gasteiger partial charge is 0.374 e. The zero-order chi connectivity index (χ0) is 15.7. The van der Waals surface area contributed by atoms with E-state index < -0.39 is 5.54 Å². The monoisotopic (exact) mass is 290 g/mol. The molecule has 1 fully saturated rings. The topological polar surface area (TPSA) is 58.6 Å². The standard InChI is InChI=1S/C16H22N2O3/c1-15(2,3)21-11-10-18-14(20)17-13(19)16(18,4)12-8-6-5-7-9-12/h5-9H,10-11H2,1-4H3,(H,17,19,20). The highest BCUT2D eigenvalue weighted by molar-refractivity contribution is 6.07. The summed E-state index contributed by atoms with van der Waals surface area (Å²) in [5.41, 5.74) is -0.465. The maximum atomic E-state index is 12.3. The van der Waals surface area contributed by atoms with Crippen molar-refractivity contribution in [1.82, 2.24) is 10.2 Å². The minimum atomic E-state index is -0.987. The van der Waals surface area contributed by atoms with E-state index in [9.17, 15) is 9.59 Å². The van der Waals surface area contributed by atoms with Crippen molar-refractivity contribution in [2.45, 2.75) is 38.8 Å².